The molecule has 6 nitrogen and oxygen atoms in total. The van der Waals surface area contributed by atoms with Crippen LogP contribution in [0.2, 0.25) is 0 Å². The molecule has 78 valence electrons. The van der Waals surface area contributed by atoms with Crippen LogP contribution in [-0.4, -0.2) is 21.6 Å². The summed E-state index contributed by atoms with van der Waals surface area (Å²) in [6, 6.07) is 0. The molecule has 0 bridgehead atoms. The number of nitrogens with two attached hydrogens (primary N) is 2. The molecule has 0 fully saturated rings. The zero-order valence-electron chi connectivity index (χ0n) is 8.85. The number of carboxylic acids is 1. The largest absolute Gasteiger partial charge is 1.00 e. The number of hydrogen-bond donors (Lipinski definition) is 3. The van der Waals surface area contributed by atoms with Crippen molar-refractivity contribution in [3.8, 4) is 0 Å². The normalized spacial score (nSPS) is 5.67. The molecule has 0 heterocycles. The van der Waals surface area contributed by atoms with Gasteiger partial charge in [-0.2, -0.15) is 0 Å². The number of hydrogen-bond acceptors (Lipinski definition) is 5. The molecule has 0 aromatic rings. The Kier molecular flexibility index (Phi) is 47.9. The molecule has 10 heteroatoms. The summed E-state index contributed by atoms with van der Waals surface area (Å²) in [5.74, 6) is -0.745. The smallest absolute Gasteiger partial charge is 0.719 e. The third-order valence-corrected chi connectivity index (χ3v) is 0.302. The Morgan fingerprint density at radius 1 is 1.07 bits per heavy atom. The summed E-state index contributed by atoms with van der Waals surface area (Å²) in [7, 11) is 0. The van der Waals surface area contributed by atoms with Crippen LogP contribution in [0.4, 0.5) is 9.59 Å². The molecule has 0 atom stereocenters. The van der Waals surface area contributed by atoms with E-state index in [-0.39, 0.29) is 65.5 Å². The quantitative estimate of drug-likeness (QED) is 0.322. The van der Waals surface area contributed by atoms with Gasteiger partial charge >= 0.3 is 65.1 Å². The average Bonchev–Trinajstić information content (AvgIpc) is 1.84. The fourth-order valence-corrected chi connectivity index (χ4v) is 0. The van der Waals surface area contributed by atoms with E-state index in [9.17, 15) is 4.79 Å². The Morgan fingerprint density at radius 3 is 1.13 bits per heavy atom. The Bertz CT molecular complexity index is 162. The van der Waals surface area contributed by atoms with Crippen molar-refractivity contribution in [2.75, 3.05) is 0 Å². The predicted molar refractivity (Wildman–Crippen MR) is 51.8 cm³/mol. The van der Waals surface area contributed by atoms with E-state index in [4.69, 9.17) is 14.7 Å². The van der Waals surface area contributed by atoms with Gasteiger partial charge in [-0.25, -0.2) is 0 Å². The third kappa shape index (κ3) is 302. The van der Waals surface area contributed by atoms with E-state index >= 15 is 0 Å². The van der Waals surface area contributed by atoms with E-state index in [2.05, 4.69) is 36.7 Å². The molecule has 5 N–H and O–H groups in total. The van der Waals surface area contributed by atoms with Gasteiger partial charge in [-0.1, -0.05) is 6.92 Å². The van der Waals surface area contributed by atoms with E-state index in [0.717, 1.165) is 0 Å². The van der Waals surface area contributed by atoms with E-state index in [1.165, 1.54) is 0 Å². The zero-order chi connectivity index (χ0) is 11.4. The summed E-state index contributed by atoms with van der Waals surface area (Å²) < 4.78 is 0. The van der Waals surface area contributed by atoms with Crippen LogP contribution < -0.4 is 70.6 Å². The van der Waals surface area contributed by atoms with Gasteiger partial charge in [0, 0.05) is 6.42 Å². The molecule has 2 amide bonds. The first-order valence-electron chi connectivity index (χ1n) is 2.88. The first-order valence-corrected chi connectivity index (χ1v) is 3.70. The van der Waals surface area contributed by atoms with Gasteiger partial charge in [0.1, 0.15) is 0 Å². The van der Waals surface area contributed by atoms with Crippen molar-refractivity contribution < 1.29 is 78.6 Å². The van der Waals surface area contributed by atoms with Crippen molar-refractivity contribution in [3.63, 3.8) is 0 Å². The minimum absolute atomic E-state index is 0. The second-order valence-corrected chi connectivity index (χ2v) is 2.19. The van der Waals surface area contributed by atoms with Crippen LogP contribution in [0, 0.1) is 0 Å². The monoisotopic (exact) mass is 272 g/mol. The Labute approximate surface area is 143 Å². The van der Waals surface area contributed by atoms with Crippen LogP contribution in [0.15, 0.2) is 0 Å². The van der Waals surface area contributed by atoms with Crippen LogP contribution in [0.1, 0.15) is 13.3 Å². The van der Waals surface area contributed by atoms with Crippen molar-refractivity contribution >= 4 is 41.7 Å². The number of carboxylic acid groups (broad SMARTS) is 1. The van der Waals surface area contributed by atoms with Gasteiger partial charge in [0.05, 0.1) is 10.5 Å². The number of carbonyl (C=O) groups is 3. The molecule has 0 aromatic heterocycles. The maximum atomic E-state index is 9.37. The van der Waals surface area contributed by atoms with Gasteiger partial charge in [0.2, 0.25) is 0 Å². The van der Waals surface area contributed by atoms with Crippen LogP contribution in [0.3, 0.4) is 0 Å². The zero-order valence-corrected chi connectivity index (χ0v) is 14.5. The summed E-state index contributed by atoms with van der Waals surface area (Å²) in [6.07, 6.45) is 0.222. The van der Waals surface area contributed by atoms with Crippen molar-refractivity contribution in [2.45, 2.75) is 13.3 Å². The van der Waals surface area contributed by atoms with Crippen molar-refractivity contribution in [2.24, 2.45) is 11.5 Å². The summed E-state index contributed by atoms with van der Waals surface area (Å²) >= 11 is 7.52. The van der Waals surface area contributed by atoms with Gasteiger partial charge in [0.25, 0.3) is 0 Å². The van der Waals surface area contributed by atoms with Gasteiger partial charge in [-0.3, -0.25) is 4.79 Å². The molecule has 15 heavy (non-hydrogen) atoms. The van der Waals surface area contributed by atoms with E-state index in [0.29, 0.717) is 0 Å². The molecule has 0 aliphatic rings. The summed E-state index contributed by atoms with van der Waals surface area (Å²) in [5, 5.41) is 6.22. The average molecular weight is 272 g/mol. The third-order valence-electron chi connectivity index (χ3n) is 0.302. The molecule has 0 aliphatic carbocycles. The van der Waals surface area contributed by atoms with E-state index < -0.39 is 16.4 Å². The maximum Gasteiger partial charge on any atom is 1.00 e. The van der Waals surface area contributed by atoms with E-state index in [1.54, 1.807) is 6.92 Å². The van der Waals surface area contributed by atoms with Gasteiger partial charge in [-0.05, 0) is 0 Å². The molecule has 0 aromatic carbocycles. The Hall–Kier alpha value is 0.850. The second kappa shape index (κ2) is 24.2. The van der Waals surface area contributed by atoms with E-state index in [1.807, 2.05) is 0 Å². The van der Waals surface area contributed by atoms with Gasteiger partial charge in [-0.15, -0.1) is 0 Å². The topological polar surface area (TPSA) is 123 Å². The van der Waals surface area contributed by atoms with Gasteiger partial charge in [0.15, 0.2) is 0 Å². The predicted octanol–water partition coefficient (Wildman–Crippen LogP) is -6.29. The first-order chi connectivity index (χ1) is 5.73. The number of aliphatic carboxylic acids is 1. The molecule has 0 saturated carbocycles. The maximum absolute atomic E-state index is 9.37. The molecule has 0 spiro atoms. The SMILES string of the molecule is CCC(=O)O.NC(=O)[S-].NC(=O)[S-].[Na+].[Na+]. The Morgan fingerprint density at radius 2 is 1.13 bits per heavy atom. The number of primary amides is 2. The number of carbonyl (C=O) groups excluding carboxylic acids is 2. The van der Waals surface area contributed by atoms with Gasteiger partial charge < -0.3 is 51.4 Å². The van der Waals surface area contributed by atoms with Crippen LogP contribution in [0.5, 0.6) is 0 Å². The molecule has 0 saturated heterocycles. The standard InChI is InChI=1S/C3H6O2.2CH3NOS.2Na/c1-2-3(4)5;2*2-1(3)4;;/h2H2,1H3,(H,4,5);2*(H3,2,3,4);;/q;;;2*+1/p-2. The molecule has 0 aliphatic heterocycles. The molecule has 0 unspecified atom stereocenters. The fourth-order valence-electron chi connectivity index (χ4n) is 0. The minimum atomic E-state index is -0.750. The number of rotatable bonds is 1. The first kappa shape index (κ1) is 29.7. The van der Waals surface area contributed by atoms with Crippen molar-refractivity contribution in [1.82, 2.24) is 0 Å². The van der Waals surface area contributed by atoms with Crippen LogP contribution in [-0.2, 0) is 30.1 Å². The molecular weight excluding hydrogens is 262 g/mol. The summed E-state index contributed by atoms with van der Waals surface area (Å²) in [5.41, 5.74) is 8.57. The van der Waals surface area contributed by atoms with Crippen molar-refractivity contribution in [3.05, 3.63) is 0 Å². The minimum Gasteiger partial charge on any atom is -0.719 e. The summed E-state index contributed by atoms with van der Waals surface area (Å²) in [4.78, 5) is 27.4. The molecule has 0 rings (SSSR count). The van der Waals surface area contributed by atoms with Crippen LogP contribution in [0.25, 0.3) is 0 Å². The Balaban J connectivity index is -0.0000000315. The molecular formula is C5H10N2Na2O4S2. The fraction of sp³-hybridized carbons (Fsp3) is 0.400. The van der Waals surface area contributed by atoms with Crippen LogP contribution >= 0.6 is 0 Å². The molecule has 0 radical (unpaired) electrons. The number of amides is 2. The summed E-state index contributed by atoms with van der Waals surface area (Å²) in [6.45, 7) is 1.60. The van der Waals surface area contributed by atoms with Crippen molar-refractivity contribution in [1.29, 1.82) is 0 Å². The second-order valence-electron chi connectivity index (χ2n) is 1.39.